The molecule has 3 N–H and O–H groups in total. The lowest BCUT2D eigenvalue weighted by Gasteiger charge is -2.15. The van der Waals surface area contributed by atoms with Gasteiger partial charge in [0.05, 0.1) is 37.8 Å². The molecule has 0 heterocycles. The van der Waals surface area contributed by atoms with E-state index in [9.17, 15) is 23.7 Å². The molecule has 0 aliphatic rings. The molecular formula is C14H19F2N3O6. The van der Waals surface area contributed by atoms with Crippen molar-refractivity contribution in [3.63, 3.8) is 0 Å². The van der Waals surface area contributed by atoms with Crippen molar-refractivity contribution in [3.8, 4) is 11.5 Å². The summed E-state index contributed by atoms with van der Waals surface area (Å²) in [5.41, 5.74) is 3.83. The van der Waals surface area contributed by atoms with Crippen molar-refractivity contribution in [2.45, 2.75) is 5.92 Å². The molecule has 11 heteroatoms. The molecule has 9 nitrogen and oxygen atoms in total. The maximum atomic E-state index is 13.1. The molecule has 140 valence electrons. The van der Waals surface area contributed by atoms with Crippen LogP contribution in [0, 0.1) is 10.1 Å². The van der Waals surface area contributed by atoms with E-state index in [0.717, 1.165) is 12.1 Å². The standard InChI is InChI=1S/C14H19F2N3O6/c1-23-3-4-25-12-6-10(19(21)22)9(5-11(12)24-2)13(20)18-8-14(15,16)7-17/h5-6H,3-4,7-8,17H2,1-2H3,(H,18,20). The first-order valence-electron chi connectivity index (χ1n) is 7.10. The number of amides is 1. The summed E-state index contributed by atoms with van der Waals surface area (Å²) >= 11 is 0. The van der Waals surface area contributed by atoms with Gasteiger partial charge in [-0.05, 0) is 0 Å². The monoisotopic (exact) mass is 363 g/mol. The largest absolute Gasteiger partial charge is 0.493 e. The van der Waals surface area contributed by atoms with Crippen molar-refractivity contribution >= 4 is 11.6 Å². The molecule has 1 rings (SSSR count). The van der Waals surface area contributed by atoms with E-state index in [4.69, 9.17) is 19.9 Å². The van der Waals surface area contributed by atoms with Gasteiger partial charge in [0, 0.05) is 13.2 Å². The fourth-order valence-electron chi connectivity index (χ4n) is 1.77. The first-order valence-corrected chi connectivity index (χ1v) is 7.10. The van der Waals surface area contributed by atoms with Gasteiger partial charge in [-0.15, -0.1) is 0 Å². The van der Waals surface area contributed by atoms with E-state index in [1.165, 1.54) is 14.2 Å². The average Bonchev–Trinajstić information content (AvgIpc) is 2.59. The lowest BCUT2D eigenvalue weighted by atomic mass is 10.1. The van der Waals surface area contributed by atoms with Gasteiger partial charge in [-0.2, -0.15) is 0 Å². The molecule has 0 aliphatic carbocycles. The molecule has 25 heavy (non-hydrogen) atoms. The number of nitrogens with zero attached hydrogens (tertiary/aromatic N) is 1. The predicted octanol–water partition coefficient (Wildman–Crippen LogP) is 0.952. The molecular weight excluding hydrogens is 344 g/mol. The first kappa shape index (κ1) is 20.5. The number of halogens is 2. The van der Waals surface area contributed by atoms with E-state index < -0.39 is 41.1 Å². The topological polar surface area (TPSA) is 126 Å². The molecule has 0 aromatic heterocycles. The Bertz CT molecular complexity index is 627. The van der Waals surface area contributed by atoms with E-state index >= 15 is 0 Å². The number of alkyl halides is 2. The van der Waals surface area contributed by atoms with Crippen molar-refractivity contribution in [1.82, 2.24) is 5.32 Å². The molecule has 1 aromatic carbocycles. The zero-order valence-corrected chi connectivity index (χ0v) is 13.7. The highest BCUT2D eigenvalue weighted by atomic mass is 19.3. The highest BCUT2D eigenvalue weighted by molar-refractivity contribution is 5.99. The van der Waals surface area contributed by atoms with Crippen molar-refractivity contribution in [3.05, 3.63) is 27.8 Å². The summed E-state index contributed by atoms with van der Waals surface area (Å²) < 4.78 is 41.4. The van der Waals surface area contributed by atoms with Crippen LogP contribution in [0.1, 0.15) is 10.4 Å². The van der Waals surface area contributed by atoms with Crippen LogP contribution >= 0.6 is 0 Å². The number of benzene rings is 1. The van der Waals surface area contributed by atoms with E-state index in [1.807, 2.05) is 5.32 Å². The van der Waals surface area contributed by atoms with Crippen molar-refractivity contribution in [2.75, 3.05) is 40.5 Å². The molecule has 0 aliphatic heterocycles. The lowest BCUT2D eigenvalue weighted by molar-refractivity contribution is -0.385. The van der Waals surface area contributed by atoms with Crippen molar-refractivity contribution < 1.29 is 32.7 Å². The van der Waals surface area contributed by atoms with Crippen LogP contribution in [0.4, 0.5) is 14.5 Å². The van der Waals surface area contributed by atoms with Crippen molar-refractivity contribution in [2.24, 2.45) is 5.73 Å². The molecule has 0 spiro atoms. The van der Waals surface area contributed by atoms with E-state index in [0.29, 0.717) is 0 Å². The Morgan fingerprint density at radius 2 is 2.00 bits per heavy atom. The van der Waals surface area contributed by atoms with Gasteiger partial charge < -0.3 is 25.3 Å². The smallest absolute Gasteiger partial charge is 0.286 e. The molecule has 1 amide bonds. The zero-order valence-electron chi connectivity index (χ0n) is 13.7. The SMILES string of the molecule is COCCOc1cc([N+](=O)[O-])c(C(=O)NCC(F)(F)CN)cc1OC. The second-order valence-electron chi connectivity index (χ2n) is 4.86. The summed E-state index contributed by atoms with van der Waals surface area (Å²) in [7, 11) is 2.72. The lowest BCUT2D eigenvalue weighted by Crippen LogP contribution is -2.41. The van der Waals surface area contributed by atoms with Gasteiger partial charge in [-0.25, -0.2) is 8.78 Å². The molecule has 0 radical (unpaired) electrons. The number of nitro groups is 1. The number of nitrogens with two attached hydrogens (primary N) is 1. The minimum absolute atomic E-state index is 0.0232. The number of hydrogen-bond donors (Lipinski definition) is 2. The van der Waals surface area contributed by atoms with Gasteiger partial charge in [0.15, 0.2) is 11.5 Å². The maximum absolute atomic E-state index is 13.1. The number of carbonyl (C=O) groups excluding carboxylic acids is 1. The molecule has 0 fully saturated rings. The number of ether oxygens (including phenoxy) is 3. The molecule has 0 atom stereocenters. The molecule has 0 bridgehead atoms. The third-order valence-corrected chi connectivity index (χ3v) is 3.07. The summed E-state index contributed by atoms with van der Waals surface area (Å²) in [6.07, 6.45) is 0. The van der Waals surface area contributed by atoms with Crippen LogP contribution in [0.5, 0.6) is 11.5 Å². The maximum Gasteiger partial charge on any atom is 0.286 e. The van der Waals surface area contributed by atoms with Gasteiger partial charge in [-0.3, -0.25) is 14.9 Å². The van der Waals surface area contributed by atoms with Gasteiger partial charge >= 0.3 is 0 Å². The van der Waals surface area contributed by atoms with Crippen LogP contribution < -0.4 is 20.5 Å². The Hall–Kier alpha value is -2.53. The van der Waals surface area contributed by atoms with Crippen LogP contribution in [0.25, 0.3) is 0 Å². The van der Waals surface area contributed by atoms with E-state index in [-0.39, 0.29) is 24.7 Å². The second kappa shape index (κ2) is 9.08. The van der Waals surface area contributed by atoms with Crippen LogP contribution in [-0.4, -0.2) is 57.3 Å². The molecule has 0 unspecified atom stereocenters. The van der Waals surface area contributed by atoms with Gasteiger partial charge in [0.2, 0.25) is 0 Å². The highest BCUT2D eigenvalue weighted by Crippen LogP contribution is 2.34. The van der Waals surface area contributed by atoms with Crippen LogP contribution in [0.15, 0.2) is 12.1 Å². The number of hydrogen-bond acceptors (Lipinski definition) is 7. The number of carbonyl (C=O) groups is 1. The van der Waals surface area contributed by atoms with Gasteiger partial charge in [0.1, 0.15) is 12.2 Å². The Kier molecular flexibility index (Phi) is 7.45. The quantitative estimate of drug-likeness (QED) is 0.360. The van der Waals surface area contributed by atoms with E-state index in [1.54, 1.807) is 0 Å². The minimum Gasteiger partial charge on any atom is -0.493 e. The Balaban J connectivity index is 3.12. The summed E-state index contributed by atoms with van der Waals surface area (Å²) in [5, 5.41) is 13.1. The van der Waals surface area contributed by atoms with Crippen molar-refractivity contribution in [1.29, 1.82) is 0 Å². The third kappa shape index (κ3) is 5.80. The minimum atomic E-state index is -3.32. The third-order valence-electron chi connectivity index (χ3n) is 3.07. The van der Waals surface area contributed by atoms with Crippen LogP contribution in [0.2, 0.25) is 0 Å². The Morgan fingerprint density at radius 3 is 2.52 bits per heavy atom. The summed E-state index contributed by atoms with van der Waals surface area (Å²) in [6.45, 7) is -1.69. The van der Waals surface area contributed by atoms with Gasteiger partial charge in [0.25, 0.3) is 17.5 Å². The van der Waals surface area contributed by atoms with Crippen LogP contribution in [0.3, 0.4) is 0 Å². The number of nitro benzene ring substituents is 1. The fourth-order valence-corrected chi connectivity index (χ4v) is 1.77. The molecule has 1 aromatic rings. The van der Waals surface area contributed by atoms with Gasteiger partial charge in [-0.1, -0.05) is 0 Å². The Morgan fingerprint density at radius 1 is 1.32 bits per heavy atom. The molecule has 0 saturated carbocycles. The number of methoxy groups -OCH3 is 2. The first-order chi connectivity index (χ1) is 11.8. The number of rotatable bonds is 10. The second-order valence-corrected chi connectivity index (χ2v) is 4.86. The summed E-state index contributed by atoms with van der Waals surface area (Å²) in [4.78, 5) is 22.4. The Labute approximate surface area is 142 Å². The number of nitrogens with one attached hydrogen (secondary N) is 1. The molecule has 0 saturated heterocycles. The fraction of sp³-hybridized carbons (Fsp3) is 0.500. The summed E-state index contributed by atoms with van der Waals surface area (Å²) in [6, 6.07) is 2.04. The normalized spacial score (nSPS) is 11.1. The van der Waals surface area contributed by atoms with E-state index in [2.05, 4.69) is 0 Å². The average molecular weight is 363 g/mol. The summed E-state index contributed by atoms with van der Waals surface area (Å²) in [5.74, 6) is -4.31. The highest BCUT2D eigenvalue weighted by Gasteiger charge is 2.30. The zero-order chi connectivity index (χ0) is 19.0. The predicted molar refractivity (Wildman–Crippen MR) is 83.4 cm³/mol. The van der Waals surface area contributed by atoms with Crippen LogP contribution in [-0.2, 0) is 4.74 Å².